The number of carboxylic acids is 1. The van der Waals surface area contributed by atoms with Crippen LogP contribution in [-0.2, 0) is 11.3 Å². The molecule has 1 atom stereocenters. The number of furan rings is 1. The fraction of sp³-hybridized carbons (Fsp3) is 0.417. The highest BCUT2D eigenvalue weighted by atomic mass is 16.5. The van der Waals surface area contributed by atoms with Crippen LogP contribution in [0.2, 0.25) is 0 Å². The molecule has 0 aromatic carbocycles. The summed E-state index contributed by atoms with van der Waals surface area (Å²) in [5.41, 5.74) is 1.69. The van der Waals surface area contributed by atoms with Crippen molar-refractivity contribution in [1.82, 2.24) is 4.57 Å². The second-order valence-electron chi connectivity index (χ2n) is 4.25. The lowest BCUT2D eigenvalue weighted by Crippen LogP contribution is -2.18. The van der Waals surface area contributed by atoms with E-state index in [2.05, 4.69) is 0 Å². The molecule has 0 aliphatic carbocycles. The Bertz CT molecular complexity index is 548. The van der Waals surface area contributed by atoms with Gasteiger partial charge in [0.15, 0.2) is 5.58 Å². The lowest BCUT2D eigenvalue weighted by atomic mass is 10.2. The number of carbonyl (C=O) groups is 1. The zero-order valence-corrected chi connectivity index (χ0v) is 9.26. The van der Waals surface area contributed by atoms with Gasteiger partial charge in [0.1, 0.15) is 5.69 Å². The van der Waals surface area contributed by atoms with Gasteiger partial charge in [-0.2, -0.15) is 0 Å². The van der Waals surface area contributed by atoms with Crippen LogP contribution in [-0.4, -0.2) is 28.4 Å². The van der Waals surface area contributed by atoms with Crippen LogP contribution in [0.4, 0.5) is 0 Å². The van der Waals surface area contributed by atoms with Gasteiger partial charge in [-0.05, 0) is 12.8 Å². The average molecular weight is 235 g/mol. The number of hydrogen-bond donors (Lipinski definition) is 1. The molecule has 1 fully saturated rings. The first-order valence-electron chi connectivity index (χ1n) is 5.67. The molecular formula is C12H13NO4. The van der Waals surface area contributed by atoms with Crippen LogP contribution < -0.4 is 0 Å². The van der Waals surface area contributed by atoms with Crippen molar-refractivity contribution < 1.29 is 19.1 Å². The Kier molecular flexibility index (Phi) is 2.40. The van der Waals surface area contributed by atoms with Crippen molar-refractivity contribution in [2.45, 2.75) is 25.5 Å². The molecule has 3 rings (SSSR count). The highest BCUT2D eigenvalue weighted by Gasteiger charge is 2.22. The number of nitrogens with zero attached hydrogens (tertiary/aromatic N) is 1. The van der Waals surface area contributed by atoms with Crippen LogP contribution in [0.25, 0.3) is 11.1 Å². The molecule has 0 bridgehead atoms. The fourth-order valence-corrected chi connectivity index (χ4v) is 2.34. The summed E-state index contributed by atoms with van der Waals surface area (Å²) in [5, 5.41) is 9.16. The summed E-state index contributed by atoms with van der Waals surface area (Å²) in [6.45, 7) is 1.34. The summed E-state index contributed by atoms with van der Waals surface area (Å²) in [5.74, 6) is -0.936. The lowest BCUT2D eigenvalue weighted by molar-refractivity contribution is 0.0672. The first-order valence-corrected chi connectivity index (χ1v) is 5.67. The minimum Gasteiger partial charge on any atom is -0.477 e. The number of carboxylic acid groups (broad SMARTS) is 1. The number of aromatic nitrogens is 1. The smallest absolute Gasteiger partial charge is 0.352 e. The van der Waals surface area contributed by atoms with Gasteiger partial charge in [0, 0.05) is 25.3 Å². The predicted molar refractivity (Wildman–Crippen MR) is 60.1 cm³/mol. The van der Waals surface area contributed by atoms with Crippen molar-refractivity contribution >= 4 is 17.1 Å². The molecule has 1 N–H and O–H groups in total. The summed E-state index contributed by atoms with van der Waals surface area (Å²) in [6.07, 6.45) is 3.71. The number of aromatic carboxylic acids is 1. The zero-order valence-electron chi connectivity index (χ0n) is 9.26. The summed E-state index contributed by atoms with van der Waals surface area (Å²) in [7, 11) is 0. The van der Waals surface area contributed by atoms with Crippen molar-refractivity contribution in [3.63, 3.8) is 0 Å². The monoisotopic (exact) mass is 235 g/mol. The second-order valence-corrected chi connectivity index (χ2v) is 4.25. The average Bonchev–Trinajstić information content (AvgIpc) is 2.96. The standard InChI is InChI=1S/C12H13NO4/c14-12(15)10-6-11-9(3-5-17-11)13(10)7-8-2-1-4-16-8/h3,5-6,8H,1-2,4,7H2,(H,14,15). The Hall–Kier alpha value is -1.75. The third-order valence-electron chi connectivity index (χ3n) is 3.15. The van der Waals surface area contributed by atoms with E-state index in [1.807, 2.05) is 0 Å². The van der Waals surface area contributed by atoms with Crippen molar-refractivity contribution in [2.24, 2.45) is 0 Å². The zero-order chi connectivity index (χ0) is 11.8. The molecule has 0 amide bonds. The first kappa shape index (κ1) is 10.4. The van der Waals surface area contributed by atoms with E-state index >= 15 is 0 Å². The number of hydrogen-bond acceptors (Lipinski definition) is 3. The summed E-state index contributed by atoms with van der Waals surface area (Å²) >= 11 is 0. The van der Waals surface area contributed by atoms with Gasteiger partial charge in [0.25, 0.3) is 0 Å². The Morgan fingerprint density at radius 3 is 3.18 bits per heavy atom. The van der Waals surface area contributed by atoms with E-state index in [4.69, 9.17) is 14.3 Å². The minimum absolute atomic E-state index is 0.110. The van der Waals surface area contributed by atoms with Crippen LogP contribution in [0.5, 0.6) is 0 Å². The van der Waals surface area contributed by atoms with Gasteiger partial charge >= 0.3 is 5.97 Å². The molecule has 90 valence electrons. The van der Waals surface area contributed by atoms with Crippen LogP contribution in [0, 0.1) is 0 Å². The molecule has 5 nitrogen and oxygen atoms in total. The Labute approximate surface area is 97.6 Å². The third kappa shape index (κ3) is 1.72. The molecule has 2 aromatic heterocycles. The molecule has 0 radical (unpaired) electrons. The highest BCUT2D eigenvalue weighted by molar-refractivity contribution is 5.92. The maximum Gasteiger partial charge on any atom is 0.352 e. The van der Waals surface area contributed by atoms with E-state index in [0.717, 1.165) is 25.0 Å². The molecular weight excluding hydrogens is 222 g/mol. The van der Waals surface area contributed by atoms with Crippen LogP contribution in [0.15, 0.2) is 22.8 Å². The molecule has 17 heavy (non-hydrogen) atoms. The predicted octanol–water partition coefficient (Wildman–Crippen LogP) is 2.11. The molecule has 0 spiro atoms. The fourth-order valence-electron chi connectivity index (χ4n) is 2.34. The normalized spacial score (nSPS) is 20.1. The van der Waals surface area contributed by atoms with Gasteiger partial charge in [-0.15, -0.1) is 0 Å². The highest BCUT2D eigenvalue weighted by Crippen LogP contribution is 2.24. The van der Waals surface area contributed by atoms with Gasteiger partial charge in [-0.3, -0.25) is 0 Å². The van der Waals surface area contributed by atoms with Crippen molar-refractivity contribution in [3.05, 3.63) is 24.1 Å². The van der Waals surface area contributed by atoms with E-state index in [-0.39, 0.29) is 11.8 Å². The molecule has 1 unspecified atom stereocenters. The number of ether oxygens (including phenoxy) is 1. The molecule has 1 aliphatic heterocycles. The summed E-state index contributed by atoms with van der Waals surface area (Å²) in [4.78, 5) is 11.2. The number of rotatable bonds is 3. The van der Waals surface area contributed by atoms with E-state index in [9.17, 15) is 4.79 Å². The van der Waals surface area contributed by atoms with Crippen molar-refractivity contribution in [1.29, 1.82) is 0 Å². The Morgan fingerprint density at radius 1 is 1.59 bits per heavy atom. The molecule has 2 aromatic rings. The second kappa shape index (κ2) is 3.92. The molecule has 1 aliphatic rings. The van der Waals surface area contributed by atoms with Gasteiger partial charge in [0.2, 0.25) is 0 Å². The van der Waals surface area contributed by atoms with Gasteiger partial charge in [-0.1, -0.05) is 0 Å². The van der Waals surface area contributed by atoms with E-state index in [1.165, 1.54) is 0 Å². The van der Waals surface area contributed by atoms with E-state index in [1.54, 1.807) is 23.0 Å². The Balaban J connectivity index is 2.01. The molecule has 3 heterocycles. The quantitative estimate of drug-likeness (QED) is 0.884. The maximum absolute atomic E-state index is 11.2. The largest absolute Gasteiger partial charge is 0.477 e. The van der Waals surface area contributed by atoms with Crippen LogP contribution >= 0.6 is 0 Å². The third-order valence-corrected chi connectivity index (χ3v) is 3.15. The topological polar surface area (TPSA) is 64.6 Å². The van der Waals surface area contributed by atoms with E-state index < -0.39 is 5.97 Å². The molecule has 5 heteroatoms. The SMILES string of the molecule is O=C(O)c1cc2occc2n1CC1CCCO1. The van der Waals surface area contributed by atoms with Gasteiger partial charge in [-0.25, -0.2) is 4.79 Å². The van der Waals surface area contributed by atoms with Crippen LogP contribution in [0.1, 0.15) is 23.3 Å². The molecule has 1 saturated heterocycles. The lowest BCUT2D eigenvalue weighted by Gasteiger charge is -2.12. The minimum atomic E-state index is -0.936. The van der Waals surface area contributed by atoms with Crippen molar-refractivity contribution in [3.8, 4) is 0 Å². The van der Waals surface area contributed by atoms with Crippen LogP contribution in [0.3, 0.4) is 0 Å². The van der Waals surface area contributed by atoms with Crippen molar-refractivity contribution in [2.75, 3.05) is 6.61 Å². The van der Waals surface area contributed by atoms with E-state index in [0.29, 0.717) is 12.1 Å². The van der Waals surface area contributed by atoms with Gasteiger partial charge < -0.3 is 18.8 Å². The summed E-state index contributed by atoms with van der Waals surface area (Å²) < 4.78 is 12.5. The molecule has 0 saturated carbocycles. The first-order chi connectivity index (χ1) is 8.25. The van der Waals surface area contributed by atoms with Gasteiger partial charge in [0.05, 0.1) is 17.9 Å². The Morgan fingerprint density at radius 2 is 2.47 bits per heavy atom. The maximum atomic E-state index is 11.2. The number of fused-ring (bicyclic) bond motifs is 1. The summed E-state index contributed by atoms with van der Waals surface area (Å²) in [6, 6.07) is 3.35.